The van der Waals surface area contributed by atoms with Crippen molar-refractivity contribution in [2.75, 3.05) is 13.2 Å². The van der Waals surface area contributed by atoms with Crippen LogP contribution in [0.25, 0.3) is 0 Å². The van der Waals surface area contributed by atoms with Gasteiger partial charge in [0, 0.05) is 12.1 Å². The summed E-state index contributed by atoms with van der Waals surface area (Å²) in [4.78, 5) is 0.177. The van der Waals surface area contributed by atoms with Gasteiger partial charge in [0.2, 0.25) is 10.0 Å². The number of aryl methyl sites for hydroxylation is 1. The molecule has 142 valence electrons. The van der Waals surface area contributed by atoms with Gasteiger partial charge < -0.3 is 9.47 Å². The van der Waals surface area contributed by atoms with E-state index in [0.717, 1.165) is 12.8 Å². The largest absolute Gasteiger partial charge is 0.490 e. The number of benzene rings is 2. The summed E-state index contributed by atoms with van der Waals surface area (Å²) >= 11 is 0. The van der Waals surface area contributed by atoms with E-state index in [4.69, 9.17) is 9.47 Å². The highest BCUT2D eigenvalue weighted by molar-refractivity contribution is 7.89. The summed E-state index contributed by atoms with van der Waals surface area (Å²) in [5.41, 5.74) is 1.19. The third-order valence-electron chi connectivity index (χ3n) is 3.89. The Morgan fingerprint density at radius 2 is 1.62 bits per heavy atom. The van der Waals surface area contributed by atoms with Crippen molar-refractivity contribution in [3.63, 3.8) is 0 Å². The summed E-state index contributed by atoms with van der Waals surface area (Å²) in [7, 11) is -3.62. The van der Waals surface area contributed by atoms with Gasteiger partial charge in [-0.1, -0.05) is 30.3 Å². The first kappa shape index (κ1) is 20.3. The number of sulfonamides is 1. The highest BCUT2D eigenvalue weighted by Gasteiger charge is 2.19. The Morgan fingerprint density at radius 3 is 2.27 bits per heavy atom. The van der Waals surface area contributed by atoms with Gasteiger partial charge in [0.1, 0.15) is 0 Å². The second-order valence-electron chi connectivity index (χ2n) is 6.02. The highest BCUT2D eigenvalue weighted by Crippen LogP contribution is 2.30. The molecule has 0 aliphatic rings. The number of nitrogens with one attached hydrogen (secondary N) is 1. The molecule has 0 aromatic heterocycles. The SMILES string of the molecule is CCOc1ccc(S(=O)(=O)NC(C)CCc2ccccc2)cc1OCC. The first-order valence-corrected chi connectivity index (χ1v) is 10.4. The molecular weight excluding hydrogens is 350 g/mol. The van der Waals surface area contributed by atoms with Crippen LogP contribution in [0.5, 0.6) is 11.5 Å². The van der Waals surface area contributed by atoms with E-state index in [1.165, 1.54) is 11.6 Å². The normalized spacial score (nSPS) is 12.6. The second-order valence-corrected chi connectivity index (χ2v) is 7.74. The average molecular weight is 378 g/mol. The molecule has 0 aliphatic carbocycles. The molecule has 0 spiro atoms. The lowest BCUT2D eigenvalue weighted by Crippen LogP contribution is -2.33. The van der Waals surface area contributed by atoms with Crippen LogP contribution in [0, 0.1) is 0 Å². The van der Waals surface area contributed by atoms with Gasteiger partial charge >= 0.3 is 0 Å². The Bertz CT molecular complexity index is 791. The Labute approximate surface area is 156 Å². The predicted octanol–water partition coefficient (Wildman–Crippen LogP) is 3.78. The minimum Gasteiger partial charge on any atom is -0.490 e. The Balaban J connectivity index is 2.07. The van der Waals surface area contributed by atoms with E-state index in [9.17, 15) is 8.42 Å². The standard InChI is InChI=1S/C20H27NO4S/c1-4-24-19-14-13-18(15-20(19)25-5-2)26(22,23)21-16(3)11-12-17-9-7-6-8-10-17/h6-10,13-16,21H,4-5,11-12H2,1-3H3. The van der Waals surface area contributed by atoms with Crippen molar-refractivity contribution in [2.24, 2.45) is 0 Å². The molecule has 1 unspecified atom stereocenters. The van der Waals surface area contributed by atoms with E-state index >= 15 is 0 Å². The van der Waals surface area contributed by atoms with Crippen LogP contribution in [0.4, 0.5) is 0 Å². The molecule has 2 rings (SSSR count). The molecule has 5 nitrogen and oxygen atoms in total. The molecule has 0 fully saturated rings. The maximum absolute atomic E-state index is 12.7. The van der Waals surface area contributed by atoms with Crippen LogP contribution in [-0.4, -0.2) is 27.7 Å². The summed E-state index contributed by atoms with van der Waals surface area (Å²) in [6.45, 7) is 6.51. The van der Waals surface area contributed by atoms with Crippen molar-refractivity contribution in [1.29, 1.82) is 0 Å². The van der Waals surface area contributed by atoms with Crippen LogP contribution < -0.4 is 14.2 Å². The van der Waals surface area contributed by atoms with Crippen molar-refractivity contribution in [3.8, 4) is 11.5 Å². The molecule has 0 heterocycles. The molecule has 2 aromatic carbocycles. The molecule has 0 radical (unpaired) electrons. The Hall–Kier alpha value is -2.05. The highest BCUT2D eigenvalue weighted by atomic mass is 32.2. The van der Waals surface area contributed by atoms with Crippen molar-refractivity contribution >= 4 is 10.0 Å². The molecule has 0 aliphatic heterocycles. The van der Waals surface area contributed by atoms with Crippen molar-refractivity contribution in [2.45, 2.75) is 44.6 Å². The molecular formula is C20H27NO4S. The van der Waals surface area contributed by atoms with Gasteiger partial charge in [-0.05, 0) is 51.3 Å². The van der Waals surface area contributed by atoms with Crippen molar-refractivity contribution in [3.05, 3.63) is 54.1 Å². The summed E-state index contributed by atoms with van der Waals surface area (Å²) in [5, 5.41) is 0. The van der Waals surface area contributed by atoms with Crippen LogP contribution >= 0.6 is 0 Å². The minimum absolute atomic E-state index is 0.177. The van der Waals surface area contributed by atoms with Gasteiger partial charge in [-0.15, -0.1) is 0 Å². The van der Waals surface area contributed by atoms with Crippen LogP contribution in [0.15, 0.2) is 53.4 Å². The third-order valence-corrected chi connectivity index (χ3v) is 5.48. The van der Waals surface area contributed by atoms with Crippen LogP contribution in [0.1, 0.15) is 32.8 Å². The first-order valence-electron chi connectivity index (χ1n) is 8.92. The number of ether oxygens (including phenoxy) is 2. The van der Waals surface area contributed by atoms with E-state index in [1.54, 1.807) is 12.1 Å². The molecule has 26 heavy (non-hydrogen) atoms. The average Bonchev–Trinajstić information content (AvgIpc) is 2.62. The quantitative estimate of drug-likeness (QED) is 0.684. The topological polar surface area (TPSA) is 64.6 Å². The van der Waals surface area contributed by atoms with E-state index in [1.807, 2.05) is 51.1 Å². The van der Waals surface area contributed by atoms with Gasteiger partial charge in [-0.25, -0.2) is 13.1 Å². The zero-order valence-electron chi connectivity index (χ0n) is 15.6. The van der Waals surface area contributed by atoms with Gasteiger partial charge in [-0.2, -0.15) is 0 Å². The zero-order valence-corrected chi connectivity index (χ0v) is 16.4. The lowest BCUT2D eigenvalue weighted by atomic mass is 10.1. The third kappa shape index (κ3) is 5.75. The fourth-order valence-electron chi connectivity index (χ4n) is 2.62. The fraction of sp³-hybridized carbons (Fsp3) is 0.400. The molecule has 0 bridgehead atoms. The maximum Gasteiger partial charge on any atom is 0.240 e. The zero-order chi connectivity index (χ0) is 19.0. The van der Waals surface area contributed by atoms with Gasteiger partial charge in [0.05, 0.1) is 18.1 Å². The van der Waals surface area contributed by atoms with E-state index in [2.05, 4.69) is 4.72 Å². The second kappa shape index (κ2) is 9.59. The van der Waals surface area contributed by atoms with Crippen LogP contribution in [0.3, 0.4) is 0 Å². The molecule has 0 amide bonds. The Kier molecular flexibility index (Phi) is 7.48. The smallest absolute Gasteiger partial charge is 0.240 e. The molecule has 1 atom stereocenters. The number of hydrogen-bond acceptors (Lipinski definition) is 4. The number of rotatable bonds is 10. The van der Waals surface area contributed by atoms with E-state index in [0.29, 0.717) is 24.7 Å². The van der Waals surface area contributed by atoms with E-state index in [-0.39, 0.29) is 10.9 Å². The fourth-order valence-corrected chi connectivity index (χ4v) is 3.91. The maximum atomic E-state index is 12.7. The van der Waals surface area contributed by atoms with Gasteiger partial charge in [0.25, 0.3) is 0 Å². The summed E-state index contributed by atoms with van der Waals surface area (Å²) in [6.07, 6.45) is 1.54. The lowest BCUT2D eigenvalue weighted by molar-refractivity contribution is 0.287. The summed E-state index contributed by atoms with van der Waals surface area (Å²) in [5.74, 6) is 0.986. The van der Waals surface area contributed by atoms with Crippen LogP contribution in [0.2, 0.25) is 0 Å². The van der Waals surface area contributed by atoms with Crippen molar-refractivity contribution < 1.29 is 17.9 Å². The monoisotopic (exact) mass is 377 g/mol. The number of hydrogen-bond donors (Lipinski definition) is 1. The molecule has 6 heteroatoms. The van der Waals surface area contributed by atoms with Gasteiger partial charge in [0.15, 0.2) is 11.5 Å². The Morgan fingerprint density at radius 1 is 0.962 bits per heavy atom. The lowest BCUT2D eigenvalue weighted by Gasteiger charge is -2.16. The van der Waals surface area contributed by atoms with Crippen LogP contribution in [-0.2, 0) is 16.4 Å². The molecule has 0 saturated carbocycles. The van der Waals surface area contributed by atoms with Gasteiger partial charge in [-0.3, -0.25) is 0 Å². The van der Waals surface area contributed by atoms with E-state index < -0.39 is 10.0 Å². The first-order chi connectivity index (χ1) is 12.5. The van der Waals surface area contributed by atoms with Crippen molar-refractivity contribution in [1.82, 2.24) is 4.72 Å². The molecule has 1 N–H and O–H groups in total. The molecule has 2 aromatic rings. The predicted molar refractivity (Wildman–Crippen MR) is 103 cm³/mol. The minimum atomic E-state index is -3.62. The molecule has 0 saturated heterocycles. The summed E-state index contributed by atoms with van der Waals surface area (Å²) < 4.78 is 39.1. The summed E-state index contributed by atoms with van der Waals surface area (Å²) in [6, 6.07) is 14.5.